The van der Waals surface area contributed by atoms with Crippen molar-refractivity contribution in [3.8, 4) is 5.75 Å². The monoisotopic (exact) mass is 420 g/mol. The lowest BCUT2D eigenvalue weighted by molar-refractivity contribution is -0.123. The summed E-state index contributed by atoms with van der Waals surface area (Å²) in [7, 11) is 0. The van der Waals surface area contributed by atoms with Crippen LogP contribution in [0.4, 0.5) is 10.1 Å². The maximum Gasteiger partial charge on any atom is 0.294 e. The molecule has 0 aromatic heterocycles. The second kappa shape index (κ2) is 9.60. The van der Waals surface area contributed by atoms with Gasteiger partial charge in [0.25, 0.3) is 5.91 Å². The number of nitrogens with one attached hydrogen (secondary N) is 1. The highest BCUT2D eigenvalue weighted by atomic mass is 19.1. The number of carbonyl (C=O) groups is 2. The summed E-state index contributed by atoms with van der Waals surface area (Å²) in [4.78, 5) is 27.1. The summed E-state index contributed by atoms with van der Waals surface area (Å²) in [5.41, 5.74) is 2.58. The van der Waals surface area contributed by atoms with E-state index in [4.69, 9.17) is 4.74 Å². The zero-order chi connectivity index (χ0) is 21.6. The van der Waals surface area contributed by atoms with E-state index in [9.17, 15) is 14.0 Å². The average molecular weight is 420 g/mol. The quantitative estimate of drug-likeness (QED) is 0.549. The van der Waals surface area contributed by atoms with Crippen molar-refractivity contribution in [2.45, 2.75) is 32.1 Å². The van der Waals surface area contributed by atoms with Crippen LogP contribution in [0, 0.1) is 5.82 Å². The molecule has 0 saturated heterocycles. The highest BCUT2D eigenvalue weighted by molar-refractivity contribution is 6.12. The number of amides is 2. The van der Waals surface area contributed by atoms with Gasteiger partial charge in [-0.15, -0.1) is 0 Å². The second-order valence-electron chi connectivity index (χ2n) is 7.73. The molecule has 2 aromatic rings. The van der Waals surface area contributed by atoms with Gasteiger partial charge in [-0.1, -0.05) is 35.9 Å². The topological polar surface area (TPSA) is 58.6 Å². The van der Waals surface area contributed by atoms with E-state index in [1.807, 2.05) is 0 Å². The van der Waals surface area contributed by atoms with Crippen LogP contribution in [0.1, 0.15) is 37.7 Å². The Morgan fingerprint density at radius 2 is 1.94 bits per heavy atom. The summed E-state index contributed by atoms with van der Waals surface area (Å²) in [5, 5.41) is 2.92. The van der Waals surface area contributed by atoms with Gasteiger partial charge in [0.05, 0.1) is 5.69 Å². The number of anilines is 1. The van der Waals surface area contributed by atoms with Crippen molar-refractivity contribution >= 4 is 23.6 Å². The molecule has 2 aliphatic rings. The number of para-hydroxylation sites is 2. The molecule has 1 heterocycles. The maximum absolute atomic E-state index is 13.2. The van der Waals surface area contributed by atoms with Crippen LogP contribution in [-0.4, -0.2) is 24.9 Å². The van der Waals surface area contributed by atoms with Crippen LogP contribution in [0.25, 0.3) is 6.08 Å². The third-order valence-corrected chi connectivity index (χ3v) is 5.45. The summed E-state index contributed by atoms with van der Waals surface area (Å²) >= 11 is 0. The Hall–Kier alpha value is -3.41. The number of nitrogens with zero attached hydrogens (tertiary/aromatic N) is 1. The van der Waals surface area contributed by atoms with Crippen molar-refractivity contribution < 1.29 is 18.7 Å². The normalized spacial score (nSPS) is 17.1. The number of benzene rings is 2. The molecule has 0 spiro atoms. The van der Waals surface area contributed by atoms with Gasteiger partial charge in [-0.25, -0.2) is 4.39 Å². The molecule has 2 aromatic carbocycles. The fraction of sp³-hybridized carbons (Fsp3) is 0.280. The van der Waals surface area contributed by atoms with Crippen LogP contribution >= 0.6 is 0 Å². The van der Waals surface area contributed by atoms with Gasteiger partial charge < -0.3 is 10.1 Å². The predicted molar refractivity (Wildman–Crippen MR) is 118 cm³/mol. The van der Waals surface area contributed by atoms with Crippen molar-refractivity contribution in [3.63, 3.8) is 0 Å². The first-order valence-electron chi connectivity index (χ1n) is 10.6. The van der Waals surface area contributed by atoms with E-state index in [2.05, 4.69) is 11.4 Å². The summed E-state index contributed by atoms with van der Waals surface area (Å²) in [5.74, 6) is -0.400. The van der Waals surface area contributed by atoms with Gasteiger partial charge in [-0.3, -0.25) is 14.5 Å². The van der Waals surface area contributed by atoms with E-state index in [1.165, 1.54) is 35.4 Å². The molecule has 0 atom stereocenters. The predicted octanol–water partition coefficient (Wildman–Crippen LogP) is 4.60. The first-order valence-corrected chi connectivity index (χ1v) is 10.6. The molecule has 31 heavy (non-hydrogen) atoms. The summed E-state index contributed by atoms with van der Waals surface area (Å²) in [6, 6.07) is 12.9. The smallest absolute Gasteiger partial charge is 0.294 e. The van der Waals surface area contributed by atoms with E-state index in [1.54, 1.807) is 42.5 Å². The molecule has 0 unspecified atom stereocenters. The summed E-state index contributed by atoms with van der Waals surface area (Å²) in [6.07, 6.45) is 9.33. The molecular weight excluding hydrogens is 395 g/mol. The fourth-order valence-corrected chi connectivity index (χ4v) is 3.82. The summed E-state index contributed by atoms with van der Waals surface area (Å²) < 4.78 is 19.0. The first-order chi connectivity index (χ1) is 15.1. The maximum atomic E-state index is 13.2. The minimum Gasteiger partial charge on any atom is -0.449 e. The fourth-order valence-electron chi connectivity index (χ4n) is 3.82. The number of fused-ring (bicyclic) bond motifs is 1. The Kier molecular flexibility index (Phi) is 6.46. The van der Waals surface area contributed by atoms with E-state index in [-0.39, 0.29) is 24.0 Å². The average Bonchev–Trinajstić information content (AvgIpc) is 2.79. The number of ether oxygens (including phenoxy) is 1. The molecule has 0 bridgehead atoms. The molecule has 0 radical (unpaired) electrons. The van der Waals surface area contributed by atoms with Crippen LogP contribution < -0.4 is 15.0 Å². The van der Waals surface area contributed by atoms with Crippen molar-refractivity contribution in [1.82, 2.24) is 5.32 Å². The molecule has 2 amide bonds. The second-order valence-corrected chi connectivity index (χ2v) is 7.73. The Balaban J connectivity index is 1.47. The third-order valence-electron chi connectivity index (χ3n) is 5.45. The molecule has 5 nitrogen and oxygen atoms in total. The van der Waals surface area contributed by atoms with Crippen molar-refractivity contribution in [2.24, 2.45) is 0 Å². The van der Waals surface area contributed by atoms with E-state index in [0.29, 0.717) is 23.5 Å². The van der Waals surface area contributed by atoms with Crippen molar-refractivity contribution in [1.29, 1.82) is 0 Å². The lowest BCUT2D eigenvalue weighted by atomic mass is 9.97. The van der Waals surface area contributed by atoms with E-state index < -0.39 is 5.91 Å². The molecule has 1 aliphatic carbocycles. The Bertz CT molecular complexity index is 1030. The lowest BCUT2D eigenvalue weighted by Crippen LogP contribution is -2.44. The largest absolute Gasteiger partial charge is 0.449 e. The van der Waals surface area contributed by atoms with Crippen LogP contribution in [0.3, 0.4) is 0 Å². The minimum absolute atomic E-state index is 0.0884. The lowest BCUT2D eigenvalue weighted by Gasteiger charge is -2.30. The van der Waals surface area contributed by atoms with Gasteiger partial charge in [0.2, 0.25) is 5.91 Å². The molecule has 0 fully saturated rings. The highest BCUT2D eigenvalue weighted by Gasteiger charge is 2.31. The first kappa shape index (κ1) is 20.8. The molecule has 0 saturated carbocycles. The summed E-state index contributed by atoms with van der Waals surface area (Å²) in [6.45, 7) is 0.460. The molecule has 1 N–H and O–H groups in total. The number of rotatable bonds is 6. The van der Waals surface area contributed by atoms with Gasteiger partial charge in [0.1, 0.15) is 12.4 Å². The van der Waals surface area contributed by atoms with Gasteiger partial charge in [0, 0.05) is 6.54 Å². The van der Waals surface area contributed by atoms with E-state index >= 15 is 0 Å². The van der Waals surface area contributed by atoms with Crippen LogP contribution in [-0.2, 0) is 9.59 Å². The Morgan fingerprint density at radius 1 is 1.13 bits per heavy atom. The molecule has 6 heteroatoms. The molecule has 4 rings (SSSR count). The van der Waals surface area contributed by atoms with Crippen molar-refractivity contribution in [2.75, 3.05) is 18.0 Å². The zero-order valence-corrected chi connectivity index (χ0v) is 17.3. The molecule has 160 valence electrons. The Morgan fingerprint density at radius 3 is 2.71 bits per heavy atom. The van der Waals surface area contributed by atoms with Crippen molar-refractivity contribution in [3.05, 3.63) is 77.3 Å². The third kappa shape index (κ3) is 5.20. The van der Waals surface area contributed by atoms with Crippen LogP contribution in [0.5, 0.6) is 5.75 Å². The highest BCUT2D eigenvalue weighted by Crippen LogP contribution is 2.35. The van der Waals surface area contributed by atoms with Gasteiger partial charge in [-0.05, 0) is 68.0 Å². The number of allylic oxidation sites excluding steroid dienone is 1. The van der Waals surface area contributed by atoms with Gasteiger partial charge in [0.15, 0.2) is 11.5 Å². The van der Waals surface area contributed by atoms with Crippen LogP contribution in [0.15, 0.2) is 65.9 Å². The van der Waals surface area contributed by atoms with Gasteiger partial charge >= 0.3 is 0 Å². The molecule has 1 aliphatic heterocycles. The number of halogens is 1. The van der Waals surface area contributed by atoms with E-state index in [0.717, 1.165) is 19.3 Å². The number of carbonyl (C=O) groups excluding carboxylic acids is 2. The number of hydrogen-bond donors (Lipinski definition) is 1. The minimum atomic E-state index is -0.409. The molecular formula is C25H25FN2O3. The standard InChI is InChI=1S/C25H25FN2O3/c26-20-12-10-19(11-13-20)16-23-25(30)28(21-8-4-5-9-22(21)31-23)17-24(29)27-15-14-18-6-2-1-3-7-18/h4-6,8-13,16H,1-3,7,14-15,17H2,(H,27,29)/b23-16+. The number of hydrogen-bond acceptors (Lipinski definition) is 3. The Labute approximate surface area is 181 Å². The zero-order valence-electron chi connectivity index (χ0n) is 17.3. The SMILES string of the molecule is O=C(CN1C(=O)/C(=C\c2ccc(F)cc2)Oc2ccccc21)NCCC1=CCCCC1. The van der Waals surface area contributed by atoms with Gasteiger partial charge in [-0.2, -0.15) is 0 Å². The van der Waals surface area contributed by atoms with Crippen LogP contribution in [0.2, 0.25) is 0 Å².